The summed E-state index contributed by atoms with van der Waals surface area (Å²) in [6.45, 7) is 8.80. The molecule has 0 unspecified atom stereocenters. The number of benzene rings is 2. The molecule has 2 aromatic heterocycles. The second kappa shape index (κ2) is 13.0. The highest BCUT2D eigenvalue weighted by molar-refractivity contribution is 6.20. The Morgan fingerprint density at radius 3 is 2.39 bits per heavy atom. The molecule has 2 amide bonds. The van der Waals surface area contributed by atoms with Crippen molar-refractivity contribution in [3.05, 3.63) is 83.0 Å². The summed E-state index contributed by atoms with van der Waals surface area (Å²) in [4.78, 5) is 44.8. The topological polar surface area (TPSA) is 97.5 Å². The number of carbonyl (C=O) groups excluding carboxylic acids is 2. The summed E-state index contributed by atoms with van der Waals surface area (Å²) >= 11 is 0. The predicted octanol–water partition coefficient (Wildman–Crippen LogP) is 4.93. The number of nitrogens with zero attached hydrogens (tertiary/aromatic N) is 4. The van der Waals surface area contributed by atoms with E-state index < -0.39 is 5.41 Å². The van der Waals surface area contributed by atoms with Crippen LogP contribution in [0.15, 0.2) is 76.3 Å². The second-order valence-electron chi connectivity index (χ2n) is 11.5. The molecule has 44 heavy (non-hydrogen) atoms. The van der Waals surface area contributed by atoms with E-state index in [1.807, 2.05) is 55.5 Å². The van der Waals surface area contributed by atoms with Crippen LogP contribution in [0.3, 0.4) is 0 Å². The molecule has 0 fully saturated rings. The average molecular weight is 601 g/mol. The van der Waals surface area contributed by atoms with E-state index in [4.69, 9.17) is 13.9 Å². The molecular weight excluding hydrogens is 560 g/mol. The van der Waals surface area contributed by atoms with Crippen molar-refractivity contribution in [2.24, 2.45) is 5.41 Å². The highest BCUT2D eigenvalue weighted by Crippen LogP contribution is 2.40. The minimum atomic E-state index is -1.16. The predicted molar refractivity (Wildman–Crippen MR) is 171 cm³/mol. The number of ether oxygens (including phenoxy) is 2. The molecule has 2 aromatic carbocycles. The zero-order valence-corrected chi connectivity index (χ0v) is 26.0. The van der Waals surface area contributed by atoms with Crippen molar-refractivity contribution in [3.8, 4) is 11.5 Å². The number of rotatable bonds is 12. The molecule has 1 aliphatic heterocycles. The van der Waals surface area contributed by atoms with Gasteiger partial charge >= 0.3 is 0 Å². The second-order valence-corrected chi connectivity index (χ2v) is 11.5. The third-order valence-electron chi connectivity index (χ3n) is 8.24. The van der Waals surface area contributed by atoms with Crippen LogP contribution in [0.1, 0.15) is 32.8 Å². The molecule has 10 nitrogen and oxygen atoms in total. The zero-order chi connectivity index (χ0) is 31.4. The molecular formula is C34H40N4O6. The van der Waals surface area contributed by atoms with Gasteiger partial charge in [-0.3, -0.25) is 19.3 Å². The van der Waals surface area contributed by atoms with Crippen LogP contribution in [-0.2, 0) is 22.7 Å². The number of fused-ring (bicyclic) bond motifs is 2. The number of furan rings is 1. The van der Waals surface area contributed by atoms with E-state index >= 15 is 0 Å². The van der Waals surface area contributed by atoms with E-state index in [2.05, 4.69) is 4.90 Å². The normalized spacial score (nSPS) is 14.7. The fraction of sp³-hybridized carbons (Fsp3) is 0.382. The summed E-state index contributed by atoms with van der Waals surface area (Å²) in [6, 6.07) is 17.0. The van der Waals surface area contributed by atoms with Gasteiger partial charge in [0.15, 0.2) is 0 Å². The van der Waals surface area contributed by atoms with Crippen LogP contribution in [-0.4, -0.2) is 61.7 Å². The summed E-state index contributed by atoms with van der Waals surface area (Å²) in [7, 11) is 3.35. The van der Waals surface area contributed by atoms with E-state index in [1.54, 1.807) is 54.6 Å². The molecule has 232 valence electrons. The van der Waals surface area contributed by atoms with E-state index in [9.17, 15) is 14.4 Å². The first-order chi connectivity index (χ1) is 21.1. The lowest BCUT2D eigenvalue weighted by atomic mass is 9.90. The lowest BCUT2D eigenvalue weighted by Crippen LogP contribution is -2.47. The van der Waals surface area contributed by atoms with Crippen molar-refractivity contribution >= 4 is 34.2 Å². The number of pyridine rings is 1. The summed E-state index contributed by atoms with van der Waals surface area (Å²) in [5.74, 6) is 0.968. The van der Waals surface area contributed by atoms with E-state index in [0.717, 1.165) is 24.3 Å². The first-order valence-electron chi connectivity index (χ1n) is 14.9. The van der Waals surface area contributed by atoms with Gasteiger partial charge in [-0.15, -0.1) is 0 Å². The van der Waals surface area contributed by atoms with Crippen LogP contribution < -0.4 is 24.8 Å². The number of carbonyl (C=O) groups is 2. The van der Waals surface area contributed by atoms with Gasteiger partial charge in [-0.25, -0.2) is 0 Å². The molecule has 0 bridgehead atoms. The molecule has 0 saturated carbocycles. The fourth-order valence-corrected chi connectivity index (χ4v) is 5.64. The van der Waals surface area contributed by atoms with Crippen molar-refractivity contribution in [2.45, 2.75) is 40.3 Å². The first kappa shape index (κ1) is 30.9. The Morgan fingerprint density at radius 2 is 1.66 bits per heavy atom. The van der Waals surface area contributed by atoms with Gasteiger partial charge in [0.1, 0.15) is 22.5 Å². The molecule has 0 atom stereocenters. The highest BCUT2D eigenvalue weighted by atomic mass is 16.5. The largest absolute Gasteiger partial charge is 0.497 e. The van der Waals surface area contributed by atoms with Crippen LogP contribution >= 0.6 is 0 Å². The highest BCUT2D eigenvalue weighted by Gasteiger charge is 2.45. The fourth-order valence-electron chi connectivity index (χ4n) is 5.64. The molecule has 1 aliphatic rings. The smallest absolute Gasteiger partial charge is 0.261 e. The number of methoxy groups -OCH3 is 1. The van der Waals surface area contributed by atoms with Gasteiger partial charge in [0.25, 0.3) is 5.56 Å². The Hall–Kier alpha value is -4.57. The molecule has 0 N–H and O–H groups in total. The molecule has 5 rings (SSSR count). The lowest BCUT2D eigenvalue weighted by molar-refractivity contribution is -0.137. The molecule has 0 radical (unpaired) electrons. The van der Waals surface area contributed by atoms with Crippen LogP contribution in [0.5, 0.6) is 11.5 Å². The zero-order valence-electron chi connectivity index (χ0n) is 26.0. The minimum absolute atomic E-state index is 0.0673. The van der Waals surface area contributed by atoms with Gasteiger partial charge in [-0.2, -0.15) is 0 Å². The standard InChI is InChI=1S/C34H40N4O6/c1-6-38-28-13-12-26(22-29(28)35(4)32(40)34(2,3)33(38)41)43-20-7-16-36(23-24-8-10-25(42-5)11-9-24)18-19-37-17-14-30-27(31(37)39)15-21-44-30/h8-15,17,21-22H,6-7,16,18-20,23H2,1-5H3. The van der Waals surface area contributed by atoms with Gasteiger partial charge in [0, 0.05) is 52.0 Å². The Balaban J connectivity index is 1.26. The van der Waals surface area contributed by atoms with Crippen LogP contribution in [0.25, 0.3) is 11.0 Å². The SMILES string of the molecule is CCN1C(=O)C(C)(C)C(=O)N(C)c2cc(OCCCN(CCn3ccc4occc4c3=O)Cc3ccc(OC)cc3)ccc21. The van der Waals surface area contributed by atoms with Gasteiger partial charge < -0.3 is 28.3 Å². The quantitative estimate of drug-likeness (QED) is 0.168. The summed E-state index contributed by atoms with van der Waals surface area (Å²) in [6.07, 6.45) is 4.05. The summed E-state index contributed by atoms with van der Waals surface area (Å²) < 4.78 is 18.5. The molecule has 0 spiro atoms. The van der Waals surface area contributed by atoms with E-state index in [0.29, 0.717) is 60.9 Å². The number of amides is 2. The van der Waals surface area contributed by atoms with Crippen molar-refractivity contribution in [1.29, 1.82) is 0 Å². The molecule has 3 heterocycles. The van der Waals surface area contributed by atoms with E-state index in [-0.39, 0.29) is 17.4 Å². The molecule has 10 heteroatoms. The number of hydrogen-bond donors (Lipinski definition) is 0. The van der Waals surface area contributed by atoms with Crippen LogP contribution in [0, 0.1) is 5.41 Å². The average Bonchev–Trinajstić information content (AvgIpc) is 3.51. The maximum absolute atomic E-state index is 13.2. The summed E-state index contributed by atoms with van der Waals surface area (Å²) in [5.41, 5.74) is 1.84. The molecule has 0 aliphatic carbocycles. The Labute approximate surface area is 257 Å². The van der Waals surface area contributed by atoms with Crippen molar-refractivity contribution < 1.29 is 23.5 Å². The first-order valence-corrected chi connectivity index (χ1v) is 14.9. The van der Waals surface area contributed by atoms with Gasteiger partial charge in [-0.05, 0) is 69.2 Å². The Morgan fingerprint density at radius 1 is 0.909 bits per heavy atom. The minimum Gasteiger partial charge on any atom is -0.497 e. The number of aromatic nitrogens is 1. The van der Waals surface area contributed by atoms with Crippen molar-refractivity contribution in [3.63, 3.8) is 0 Å². The van der Waals surface area contributed by atoms with Gasteiger partial charge in [0.2, 0.25) is 11.8 Å². The maximum atomic E-state index is 13.2. The molecule has 4 aromatic rings. The van der Waals surface area contributed by atoms with Gasteiger partial charge in [0.05, 0.1) is 36.7 Å². The van der Waals surface area contributed by atoms with Crippen LogP contribution in [0.2, 0.25) is 0 Å². The number of hydrogen-bond acceptors (Lipinski definition) is 7. The van der Waals surface area contributed by atoms with Crippen LogP contribution in [0.4, 0.5) is 11.4 Å². The lowest BCUT2D eigenvalue weighted by Gasteiger charge is -2.27. The third kappa shape index (κ3) is 6.21. The maximum Gasteiger partial charge on any atom is 0.261 e. The number of anilines is 2. The summed E-state index contributed by atoms with van der Waals surface area (Å²) in [5, 5.41) is 0.575. The Kier molecular flexibility index (Phi) is 9.10. The third-order valence-corrected chi connectivity index (χ3v) is 8.24. The Bertz CT molecular complexity index is 1690. The monoisotopic (exact) mass is 600 g/mol. The molecule has 0 saturated heterocycles. The van der Waals surface area contributed by atoms with Gasteiger partial charge in [-0.1, -0.05) is 12.1 Å². The van der Waals surface area contributed by atoms with Crippen molar-refractivity contribution in [2.75, 3.05) is 50.2 Å². The van der Waals surface area contributed by atoms with Crippen molar-refractivity contribution in [1.82, 2.24) is 9.47 Å². The van der Waals surface area contributed by atoms with E-state index in [1.165, 1.54) is 6.26 Å².